The smallest absolute Gasteiger partial charge is 0.273 e. The lowest BCUT2D eigenvalue weighted by atomic mass is 10.2. The number of sulfonamides is 1. The molecular weight excluding hydrogens is 264 g/mol. The Morgan fingerprint density at radius 1 is 1.37 bits per heavy atom. The highest BCUT2D eigenvalue weighted by Crippen LogP contribution is 2.44. The van der Waals surface area contributed by atoms with Gasteiger partial charge < -0.3 is 9.73 Å². The minimum atomic E-state index is -3.50. The van der Waals surface area contributed by atoms with E-state index >= 15 is 0 Å². The van der Waals surface area contributed by atoms with Gasteiger partial charge in [0, 0.05) is 12.6 Å². The first-order valence-electron chi connectivity index (χ1n) is 6.79. The monoisotopic (exact) mass is 284 g/mol. The maximum absolute atomic E-state index is 12.0. The van der Waals surface area contributed by atoms with E-state index in [9.17, 15) is 8.42 Å². The minimum Gasteiger partial charge on any atom is -0.447 e. The zero-order valence-corrected chi connectivity index (χ0v) is 11.9. The second kappa shape index (κ2) is 4.61. The summed E-state index contributed by atoms with van der Waals surface area (Å²) in [6.07, 6.45) is 4.58. The van der Waals surface area contributed by atoms with Gasteiger partial charge >= 0.3 is 0 Å². The molecule has 0 aromatic carbocycles. The van der Waals surface area contributed by atoms with E-state index in [1.807, 2.05) is 0 Å². The van der Waals surface area contributed by atoms with E-state index in [4.69, 9.17) is 4.42 Å². The molecule has 0 spiro atoms. The molecule has 6 heteroatoms. The number of hydrogen-bond acceptors (Lipinski definition) is 4. The summed E-state index contributed by atoms with van der Waals surface area (Å²) in [6.45, 7) is 3.17. The predicted octanol–water partition coefficient (Wildman–Crippen LogP) is 1.61. The number of furan rings is 1. The summed E-state index contributed by atoms with van der Waals surface area (Å²) >= 11 is 0. The third-order valence-electron chi connectivity index (χ3n) is 3.84. The van der Waals surface area contributed by atoms with Crippen molar-refractivity contribution in [1.82, 2.24) is 10.0 Å². The highest BCUT2D eigenvalue weighted by molar-refractivity contribution is 7.89. The first-order valence-corrected chi connectivity index (χ1v) is 8.27. The Labute approximate surface area is 113 Å². The average Bonchev–Trinajstić information content (AvgIpc) is 3.28. The highest BCUT2D eigenvalue weighted by atomic mass is 32.2. The lowest BCUT2D eigenvalue weighted by Gasteiger charge is -2.08. The lowest BCUT2D eigenvalue weighted by Crippen LogP contribution is -2.28. The molecule has 0 radical (unpaired) electrons. The van der Waals surface area contributed by atoms with Gasteiger partial charge in [0.25, 0.3) is 10.0 Å². The molecule has 2 aliphatic carbocycles. The van der Waals surface area contributed by atoms with E-state index in [0.29, 0.717) is 24.9 Å². The van der Waals surface area contributed by atoms with Crippen molar-refractivity contribution in [2.45, 2.75) is 50.3 Å². The molecule has 0 unspecified atom stereocenters. The van der Waals surface area contributed by atoms with Crippen LogP contribution < -0.4 is 10.0 Å². The van der Waals surface area contributed by atoms with Crippen molar-refractivity contribution in [3.05, 3.63) is 17.9 Å². The van der Waals surface area contributed by atoms with Gasteiger partial charge in [-0.25, -0.2) is 13.1 Å². The maximum Gasteiger partial charge on any atom is 0.273 e. The summed E-state index contributed by atoms with van der Waals surface area (Å²) in [5.74, 6) is 0.671. The molecule has 5 nitrogen and oxygen atoms in total. The van der Waals surface area contributed by atoms with Crippen LogP contribution in [0.2, 0.25) is 0 Å². The molecule has 19 heavy (non-hydrogen) atoms. The summed E-state index contributed by atoms with van der Waals surface area (Å²) in [6, 6.07) is 3.84. The summed E-state index contributed by atoms with van der Waals surface area (Å²) in [4.78, 5) is 0. The maximum atomic E-state index is 12.0. The highest BCUT2D eigenvalue weighted by Gasteiger charge is 2.38. The molecule has 2 saturated carbocycles. The first kappa shape index (κ1) is 13.1. The normalized spacial score (nSPS) is 21.5. The van der Waals surface area contributed by atoms with E-state index in [0.717, 1.165) is 12.8 Å². The van der Waals surface area contributed by atoms with Gasteiger partial charge in [-0.1, -0.05) is 6.92 Å². The van der Waals surface area contributed by atoms with Gasteiger partial charge in [-0.05, 0) is 43.2 Å². The molecular formula is C13H20N2O3S. The zero-order chi connectivity index (χ0) is 13.5. The number of nitrogens with one attached hydrogen (secondary N) is 2. The number of hydrogen-bond donors (Lipinski definition) is 2. The van der Waals surface area contributed by atoms with Crippen molar-refractivity contribution in [1.29, 1.82) is 0 Å². The largest absolute Gasteiger partial charge is 0.447 e. The molecule has 106 valence electrons. The van der Waals surface area contributed by atoms with E-state index < -0.39 is 10.0 Å². The van der Waals surface area contributed by atoms with Gasteiger partial charge in [0.15, 0.2) is 0 Å². The van der Waals surface area contributed by atoms with Crippen molar-refractivity contribution >= 4 is 10.0 Å². The van der Waals surface area contributed by atoms with Gasteiger partial charge in [-0.15, -0.1) is 0 Å². The molecule has 1 aromatic rings. The Morgan fingerprint density at radius 3 is 2.74 bits per heavy atom. The Balaban J connectivity index is 1.59. The van der Waals surface area contributed by atoms with Crippen molar-refractivity contribution in [3.63, 3.8) is 0 Å². The van der Waals surface area contributed by atoms with E-state index in [2.05, 4.69) is 17.0 Å². The summed E-state index contributed by atoms with van der Waals surface area (Å²) in [7, 11) is -3.50. The third kappa shape index (κ3) is 3.38. The molecule has 0 aliphatic heterocycles. The van der Waals surface area contributed by atoms with Gasteiger partial charge in [-0.2, -0.15) is 0 Å². The van der Waals surface area contributed by atoms with Crippen LogP contribution in [0.1, 0.15) is 38.4 Å². The van der Waals surface area contributed by atoms with Gasteiger partial charge in [0.1, 0.15) is 5.76 Å². The molecule has 2 N–H and O–H groups in total. The first-order chi connectivity index (χ1) is 8.97. The standard InChI is InChI=1S/C13H20N2O3S/c1-13(6-7-13)9-15-19(16,17)12-5-4-11(18-12)8-14-10-2-3-10/h4-5,10,14-15H,2-3,6-9H2,1H3. The van der Waals surface area contributed by atoms with Crippen LogP contribution in [-0.2, 0) is 16.6 Å². The zero-order valence-electron chi connectivity index (χ0n) is 11.1. The van der Waals surface area contributed by atoms with Crippen molar-refractivity contribution in [2.24, 2.45) is 5.41 Å². The van der Waals surface area contributed by atoms with E-state index in [1.165, 1.54) is 18.9 Å². The van der Waals surface area contributed by atoms with Crippen molar-refractivity contribution in [3.8, 4) is 0 Å². The lowest BCUT2D eigenvalue weighted by molar-refractivity contribution is 0.397. The van der Waals surface area contributed by atoms with Crippen LogP contribution >= 0.6 is 0 Å². The molecule has 1 aromatic heterocycles. The van der Waals surface area contributed by atoms with Crippen LogP contribution in [0, 0.1) is 5.41 Å². The molecule has 0 bridgehead atoms. The average molecular weight is 284 g/mol. The second-order valence-electron chi connectivity index (χ2n) is 6.01. The Morgan fingerprint density at radius 2 is 2.11 bits per heavy atom. The van der Waals surface area contributed by atoms with Crippen LogP contribution in [0.3, 0.4) is 0 Å². The van der Waals surface area contributed by atoms with E-state index in [-0.39, 0.29) is 10.5 Å². The topological polar surface area (TPSA) is 71.3 Å². The van der Waals surface area contributed by atoms with Crippen LogP contribution in [0.15, 0.2) is 21.6 Å². The van der Waals surface area contributed by atoms with Crippen LogP contribution in [0.25, 0.3) is 0 Å². The molecule has 3 rings (SSSR count). The second-order valence-corrected chi connectivity index (χ2v) is 7.71. The summed E-state index contributed by atoms with van der Waals surface area (Å²) in [5.41, 5.74) is 0.149. The van der Waals surface area contributed by atoms with Gasteiger partial charge in [-0.3, -0.25) is 0 Å². The summed E-state index contributed by atoms with van der Waals surface area (Å²) in [5, 5.41) is 3.31. The molecule has 0 atom stereocenters. The fourth-order valence-electron chi connectivity index (χ4n) is 1.86. The Hall–Kier alpha value is -0.850. The quantitative estimate of drug-likeness (QED) is 0.798. The van der Waals surface area contributed by atoms with Crippen LogP contribution in [0.5, 0.6) is 0 Å². The molecule has 1 heterocycles. The fourth-order valence-corrected chi connectivity index (χ4v) is 3.01. The van der Waals surface area contributed by atoms with Crippen molar-refractivity contribution in [2.75, 3.05) is 6.54 Å². The van der Waals surface area contributed by atoms with Crippen molar-refractivity contribution < 1.29 is 12.8 Å². The van der Waals surface area contributed by atoms with Crippen LogP contribution in [0.4, 0.5) is 0 Å². The SMILES string of the molecule is CC1(CNS(=O)(=O)c2ccc(CNC3CC3)o2)CC1. The number of rotatable bonds is 7. The Kier molecular flexibility index (Phi) is 3.19. The predicted molar refractivity (Wildman–Crippen MR) is 71.1 cm³/mol. The van der Waals surface area contributed by atoms with E-state index in [1.54, 1.807) is 6.07 Å². The van der Waals surface area contributed by atoms with Gasteiger partial charge in [0.2, 0.25) is 5.09 Å². The molecule has 2 aliphatic rings. The minimum absolute atomic E-state index is 0.0179. The summed E-state index contributed by atoms with van der Waals surface area (Å²) < 4.78 is 32.1. The molecule has 2 fully saturated rings. The molecule has 0 saturated heterocycles. The molecule has 0 amide bonds. The van der Waals surface area contributed by atoms with Crippen LogP contribution in [-0.4, -0.2) is 21.0 Å². The van der Waals surface area contributed by atoms with Gasteiger partial charge in [0.05, 0.1) is 6.54 Å². The fraction of sp³-hybridized carbons (Fsp3) is 0.692. The Bertz CT molecular complexity index is 556. The third-order valence-corrected chi connectivity index (χ3v) is 5.11.